The lowest BCUT2D eigenvalue weighted by molar-refractivity contribution is 0.303. The fourth-order valence-electron chi connectivity index (χ4n) is 3.59. The highest BCUT2D eigenvalue weighted by molar-refractivity contribution is 9.10. The third-order valence-corrected chi connectivity index (χ3v) is 7.01. The van der Waals surface area contributed by atoms with E-state index in [1.807, 2.05) is 38.2 Å². The van der Waals surface area contributed by atoms with Gasteiger partial charge in [0.1, 0.15) is 22.7 Å². The average Bonchev–Trinajstić information content (AvgIpc) is 3.20. The number of pyridine rings is 2. The van der Waals surface area contributed by atoms with E-state index in [2.05, 4.69) is 65.0 Å². The Kier molecular flexibility index (Phi) is 6.73. The van der Waals surface area contributed by atoms with Gasteiger partial charge in [-0.25, -0.2) is 9.97 Å². The molecule has 0 aliphatic heterocycles. The van der Waals surface area contributed by atoms with Crippen molar-refractivity contribution in [3.63, 3.8) is 0 Å². The maximum Gasteiger partial charge on any atom is 0.273 e. The molecular formula is C26H27BrN4O2S. The molecular weight excluding hydrogens is 512 g/mol. The smallest absolute Gasteiger partial charge is 0.273 e. The van der Waals surface area contributed by atoms with E-state index in [1.165, 1.54) is 4.88 Å². The summed E-state index contributed by atoms with van der Waals surface area (Å²) in [5.41, 5.74) is 4.57. The van der Waals surface area contributed by atoms with Crippen LogP contribution in [0.3, 0.4) is 0 Å². The van der Waals surface area contributed by atoms with Gasteiger partial charge in [0.25, 0.3) is 5.56 Å². The van der Waals surface area contributed by atoms with Crippen molar-refractivity contribution in [3.05, 3.63) is 84.4 Å². The van der Waals surface area contributed by atoms with Crippen molar-refractivity contribution in [1.29, 1.82) is 0 Å². The third-order valence-electron chi connectivity index (χ3n) is 5.37. The van der Waals surface area contributed by atoms with E-state index in [4.69, 9.17) is 9.72 Å². The first-order valence-electron chi connectivity index (χ1n) is 10.9. The van der Waals surface area contributed by atoms with Crippen LogP contribution in [-0.2, 0) is 12.0 Å². The molecule has 0 atom stereocenters. The van der Waals surface area contributed by atoms with E-state index in [0.717, 1.165) is 28.3 Å². The minimum Gasteiger partial charge on any atom is -0.487 e. The highest BCUT2D eigenvalue weighted by Crippen LogP contribution is 2.28. The molecule has 4 aromatic rings. The summed E-state index contributed by atoms with van der Waals surface area (Å²) in [5.74, 6) is 1.28. The standard InChI is InChI=1S/C26H27BrN4O2S/c1-15-12-29-25(26(4,5)6)30-23(15)20-11-19(7-8-28-20)31-16(2)9-21(22(27)24(31)32)33-13-18-10-17(3)34-14-18/h7-12,14H,13H2,1-6H3. The molecule has 0 saturated carbocycles. The van der Waals surface area contributed by atoms with E-state index < -0.39 is 0 Å². The van der Waals surface area contributed by atoms with Crippen molar-refractivity contribution in [2.45, 2.75) is 53.6 Å². The van der Waals surface area contributed by atoms with E-state index in [9.17, 15) is 4.79 Å². The average molecular weight is 539 g/mol. The number of rotatable bonds is 5. The molecule has 0 aromatic carbocycles. The van der Waals surface area contributed by atoms with Crippen LogP contribution in [0.4, 0.5) is 0 Å². The molecule has 0 aliphatic carbocycles. The molecule has 0 spiro atoms. The first-order valence-corrected chi connectivity index (χ1v) is 12.6. The molecule has 0 amide bonds. The molecule has 0 aliphatic rings. The molecule has 0 saturated heterocycles. The Morgan fingerprint density at radius 2 is 1.88 bits per heavy atom. The fourth-order valence-corrected chi connectivity index (χ4v) is 4.69. The van der Waals surface area contributed by atoms with Crippen molar-refractivity contribution >= 4 is 27.3 Å². The zero-order valence-corrected chi connectivity index (χ0v) is 22.5. The van der Waals surface area contributed by atoms with Gasteiger partial charge in [-0.15, -0.1) is 11.3 Å². The zero-order chi connectivity index (χ0) is 24.6. The molecule has 0 fully saturated rings. The monoisotopic (exact) mass is 538 g/mol. The molecule has 6 nitrogen and oxygen atoms in total. The summed E-state index contributed by atoms with van der Waals surface area (Å²) in [7, 11) is 0. The van der Waals surface area contributed by atoms with Gasteiger partial charge in [-0.3, -0.25) is 14.3 Å². The largest absolute Gasteiger partial charge is 0.487 e. The molecule has 0 unspecified atom stereocenters. The summed E-state index contributed by atoms with van der Waals surface area (Å²) in [6.45, 7) is 12.6. The van der Waals surface area contributed by atoms with Crippen molar-refractivity contribution in [3.8, 4) is 22.8 Å². The van der Waals surface area contributed by atoms with Gasteiger partial charge in [0, 0.05) is 40.0 Å². The van der Waals surface area contributed by atoms with Crippen LogP contribution in [-0.4, -0.2) is 19.5 Å². The first-order chi connectivity index (χ1) is 16.0. The molecule has 34 heavy (non-hydrogen) atoms. The van der Waals surface area contributed by atoms with Gasteiger partial charge >= 0.3 is 0 Å². The van der Waals surface area contributed by atoms with Crippen LogP contribution in [0.2, 0.25) is 0 Å². The van der Waals surface area contributed by atoms with Crippen molar-refractivity contribution in [2.75, 3.05) is 0 Å². The van der Waals surface area contributed by atoms with E-state index in [-0.39, 0.29) is 11.0 Å². The Labute approximate surface area is 211 Å². The van der Waals surface area contributed by atoms with E-state index in [0.29, 0.717) is 28.2 Å². The van der Waals surface area contributed by atoms with Gasteiger partial charge in [0.05, 0.1) is 17.1 Å². The molecule has 4 aromatic heterocycles. The van der Waals surface area contributed by atoms with Crippen molar-refractivity contribution < 1.29 is 4.74 Å². The second-order valence-electron chi connectivity index (χ2n) is 9.33. The third kappa shape index (κ3) is 4.98. The lowest BCUT2D eigenvalue weighted by Crippen LogP contribution is -2.22. The van der Waals surface area contributed by atoms with Crippen LogP contribution in [0.5, 0.6) is 5.75 Å². The Morgan fingerprint density at radius 1 is 1.12 bits per heavy atom. The summed E-state index contributed by atoms with van der Waals surface area (Å²) < 4.78 is 8.00. The predicted octanol–water partition coefficient (Wildman–Crippen LogP) is 6.32. The number of thiophene rings is 1. The second kappa shape index (κ2) is 9.43. The Morgan fingerprint density at radius 3 is 2.56 bits per heavy atom. The minimum absolute atomic E-state index is 0.185. The van der Waals surface area contributed by atoms with Crippen molar-refractivity contribution in [1.82, 2.24) is 19.5 Å². The molecule has 8 heteroatoms. The zero-order valence-electron chi connectivity index (χ0n) is 20.1. The van der Waals surface area contributed by atoms with Gasteiger partial charge in [0.2, 0.25) is 0 Å². The van der Waals surface area contributed by atoms with Crippen LogP contribution < -0.4 is 10.3 Å². The summed E-state index contributed by atoms with van der Waals surface area (Å²) in [6.07, 6.45) is 3.53. The highest BCUT2D eigenvalue weighted by atomic mass is 79.9. The maximum absolute atomic E-state index is 13.3. The highest BCUT2D eigenvalue weighted by Gasteiger charge is 2.20. The van der Waals surface area contributed by atoms with Gasteiger partial charge < -0.3 is 4.74 Å². The molecule has 4 heterocycles. The molecule has 0 bridgehead atoms. The lowest BCUT2D eigenvalue weighted by atomic mass is 9.95. The second-order valence-corrected chi connectivity index (χ2v) is 11.2. The number of halogens is 1. The number of ether oxygens (including phenoxy) is 1. The first kappa shape index (κ1) is 24.3. The summed E-state index contributed by atoms with van der Waals surface area (Å²) in [5, 5.41) is 2.07. The minimum atomic E-state index is -0.191. The summed E-state index contributed by atoms with van der Waals surface area (Å²) in [6, 6.07) is 7.67. The number of aryl methyl sites for hydroxylation is 3. The van der Waals surface area contributed by atoms with Crippen LogP contribution in [0.25, 0.3) is 17.1 Å². The van der Waals surface area contributed by atoms with Crippen LogP contribution in [0.15, 0.2) is 51.3 Å². The van der Waals surface area contributed by atoms with Gasteiger partial charge in [0.15, 0.2) is 0 Å². The number of aromatic nitrogens is 4. The van der Waals surface area contributed by atoms with Gasteiger partial charge in [-0.1, -0.05) is 20.8 Å². The Hall–Kier alpha value is -2.84. The maximum atomic E-state index is 13.3. The number of hydrogen-bond donors (Lipinski definition) is 0. The Bertz CT molecular complexity index is 1420. The van der Waals surface area contributed by atoms with Crippen LogP contribution in [0, 0.1) is 20.8 Å². The quantitative estimate of drug-likeness (QED) is 0.297. The predicted molar refractivity (Wildman–Crippen MR) is 140 cm³/mol. The normalized spacial score (nSPS) is 11.6. The number of nitrogens with zero attached hydrogens (tertiary/aromatic N) is 4. The SMILES string of the molecule is Cc1cc(COc2cc(C)n(-c3ccnc(-c4nc(C(C)(C)C)ncc4C)c3)c(=O)c2Br)cs1. The van der Waals surface area contributed by atoms with Gasteiger partial charge in [-0.05, 0) is 65.8 Å². The fraction of sp³-hybridized carbons (Fsp3) is 0.308. The summed E-state index contributed by atoms with van der Waals surface area (Å²) >= 11 is 5.14. The van der Waals surface area contributed by atoms with E-state index >= 15 is 0 Å². The summed E-state index contributed by atoms with van der Waals surface area (Å²) in [4.78, 5) is 28.4. The van der Waals surface area contributed by atoms with E-state index in [1.54, 1.807) is 22.1 Å². The number of hydrogen-bond acceptors (Lipinski definition) is 6. The van der Waals surface area contributed by atoms with Crippen molar-refractivity contribution in [2.24, 2.45) is 0 Å². The molecule has 0 N–H and O–H groups in total. The molecule has 176 valence electrons. The van der Waals surface area contributed by atoms with Gasteiger partial charge in [-0.2, -0.15) is 0 Å². The Balaban J connectivity index is 1.72. The topological polar surface area (TPSA) is 69.9 Å². The lowest BCUT2D eigenvalue weighted by Gasteiger charge is -2.18. The molecule has 0 radical (unpaired) electrons. The van der Waals surface area contributed by atoms with Crippen LogP contribution in [0.1, 0.15) is 48.3 Å². The van der Waals surface area contributed by atoms with Crippen LogP contribution >= 0.6 is 27.3 Å². The molecule has 4 rings (SSSR count).